The van der Waals surface area contributed by atoms with Crippen molar-refractivity contribution in [2.24, 2.45) is 4.99 Å². The molecule has 1 atom stereocenters. The van der Waals surface area contributed by atoms with Gasteiger partial charge in [-0.05, 0) is 51.7 Å². The zero-order chi connectivity index (χ0) is 18.6. The molecule has 7 heteroatoms. The van der Waals surface area contributed by atoms with E-state index in [1.165, 1.54) is 23.4 Å². The van der Waals surface area contributed by atoms with E-state index in [4.69, 9.17) is 9.40 Å². The van der Waals surface area contributed by atoms with Gasteiger partial charge in [-0.2, -0.15) is 0 Å². The molecular formula is C19H28N4O2S. The molecule has 0 fully saturated rings. The maximum atomic E-state index is 10.6. The van der Waals surface area contributed by atoms with Gasteiger partial charge in [0.1, 0.15) is 16.4 Å². The van der Waals surface area contributed by atoms with E-state index in [2.05, 4.69) is 15.2 Å². The van der Waals surface area contributed by atoms with Gasteiger partial charge in [0.25, 0.3) is 0 Å². The molecule has 1 aliphatic carbocycles. The fourth-order valence-electron chi connectivity index (χ4n) is 3.11. The molecule has 26 heavy (non-hydrogen) atoms. The van der Waals surface area contributed by atoms with Gasteiger partial charge in [-0.25, -0.2) is 9.98 Å². The monoisotopic (exact) mass is 376 g/mol. The molecule has 142 valence electrons. The average Bonchev–Trinajstić information content (AvgIpc) is 3.27. The van der Waals surface area contributed by atoms with Crippen molar-refractivity contribution in [3.63, 3.8) is 0 Å². The van der Waals surface area contributed by atoms with Crippen LogP contribution in [0.1, 0.15) is 48.0 Å². The third-order valence-electron chi connectivity index (χ3n) is 4.55. The molecule has 0 bridgehead atoms. The van der Waals surface area contributed by atoms with Crippen LogP contribution in [0.3, 0.4) is 0 Å². The Morgan fingerprint density at radius 2 is 2.27 bits per heavy atom. The van der Waals surface area contributed by atoms with Crippen LogP contribution in [0.4, 0.5) is 0 Å². The molecule has 1 aliphatic rings. The quantitative estimate of drug-likeness (QED) is 0.599. The summed E-state index contributed by atoms with van der Waals surface area (Å²) in [5, 5.41) is 15.0. The van der Waals surface area contributed by atoms with Crippen molar-refractivity contribution in [1.82, 2.24) is 15.2 Å². The molecule has 0 saturated heterocycles. The number of nitrogens with one attached hydrogen (secondary N) is 1. The zero-order valence-corrected chi connectivity index (χ0v) is 16.6. The fraction of sp³-hybridized carbons (Fsp3) is 0.579. The molecule has 0 aliphatic heterocycles. The summed E-state index contributed by atoms with van der Waals surface area (Å²) in [6.45, 7) is 5.46. The van der Waals surface area contributed by atoms with Gasteiger partial charge in [0.15, 0.2) is 5.96 Å². The maximum absolute atomic E-state index is 10.6. The summed E-state index contributed by atoms with van der Waals surface area (Å²) in [5.74, 6) is 1.28. The van der Waals surface area contributed by atoms with E-state index < -0.39 is 5.60 Å². The first-order chi connectivity index (χ1) is 12.5. The van der Waals surface area contributed by atoms with Gasteiger partial charge >= 0.3 is 0 Å². The number of aliphatic imine (C=N–C) groups is 1. The van der Waals surface area contributed by atoms with Crippen LogP contribution in [0.2, 0.25) is 0 Å². The first-order valence-electron chi connectivity index (χ1n) is 9.23. The highest BCUT2D eigenvalue weighted by atomic mass is 32.1. The number of furan rings is 1. The smallest absolute Gasteiger partial charge is 0.194 e. The van der Waals surface area contributed by atoms with Gasteiger partial charge in [-0.3, -0.25) is 0 Å². The number of fused-ring (bicyclic) bond motifs is 1. The van der Waals surface area contributed by atoms with Crippen molar-refractivity contribution in [3.05, 3.63) is 39.7 Å². The number of aromatic nitrogens is 1. The van der Waals surface area contributed by atoms with Crippen LogP contribution in [0.15, 0.2) is 27.8 Å². The van der Waals surface area contributed by atoms with Gasteiger partial charge < -0.3 is 19.7 Å². The number of hydrogen-bond donors (Lipinski definition) is 2. The van der Waals surface area contributed by atoms with Crippen LogP contribution in [0.25, 0.3) is 0 Å². The Morgan fingerprint density at radius 3 is 2.96 bits per heavy atom. The standard InChI is InChI=1S/C19H28N4O2S/c1-4-20-18(21-13-19(2,24)16-10-7-11-25-16)23(3)12-17-22-14-8-5-6-9-15(14)26-17/h7,10-11,24H,4-6,8-9,12-13H2,1-3H3,(H,20,21). The Bertz CT molecular complexity index is 713. The second kappa shape index (κ2) is 8.22. The van der Waals surface area contributed by atoms with Gasteiger partial charge in [0.05, 0.1) is 25.0 Å². The number of rotatable bonds is 6. The second-order valence-corrected chi connectivity index (χ2v) is 8.13. The van der Waals surface area contributed by atoms with Crippen LogP contribution < -0.4 is 5.32 Å². The first kappa shape index (κ1) is 18.9. The molecule has 2 aromatic rings. The molecule has 2 N–H and O–H groups in total. The van der Waals surface area contributed by atoms with Crippen molar-refractivity contribution in [2.75, 3.05) is 20.1 Å². The molecule has 0 saturated carbocycles. The minimum atomic E-state index is -1.13. The van der Waals surface area contributed by atoms with Crippen LogP contribution >= 0.6 is 11.3 Å². The topological polar surface area (TPSA) is 73.9 Å². The summed E-state index contributed by atoms with van der Waals surface area (Å²) in [4.78, 5) is 12.9. The SMILES string of the molecule is CCNC(=NCC(C)(O)c1ccco1)N(C)Cc1nc2c(s1)CCCC2. The number of nitrogens with zero attached hydrogens (tertiary/aromatic N) is 3. The Balaban J connectivity index is 1.69. The molecule has 0 aromatic carbocycles. The Kier molecular flexibility index (Phi) is 5.98. The van der Waals surface area contributed by atoms with Crippen molar-refractivity contribution in [1.29, 1.82) is 0 Å². The van der Waals surface area contributed by atoms with E-state index in [9.17, 15) is 5.11 Å². The molecule has 0 spiro atoms. The summed E-state index contributed by atoms with van der Waals surface area (Å²) in [5.41, 5.74) is 0.151. The predicted molar refractivity (Wildman–Crippen MR) is 104 cm³/mol. The highest BCUT2D eigenvalue weighted by molar-refractivity contribution is 7.11. The average molecular weight is 377 g/mol. The van der Waals surface area contributed by atoms with E-state index in [0.29, 0.717) is 12.3 Å². The molecule has 0 amide bonds. The fourth-order valence-corrected chi connectivity index (χ4v) is 4.32. The number of hydrogen-bond acceptors (Lipinski definition) is 5. The van der Waals surface area contributed by atoms with E-state index in [0.717, 1.165) is 30.4 Å². The summed E-state index contributed by atoms with van der Waals surface area (Å²) in [7, 11) is 2.00. The third-order valence-corrected chi connectivity index (χ3v) is 5.69. The highest BCUT2D eigenvalue weighted by Gasteiger charge is 2.26. The van der Waals surface area contributed by atoms with E-state index in [1.807, 2.05) is 25.3 Å². The van der Waals surface area contributed by atoms with E-state index in [1.54, 1.807) is 25.3 Å². The molecule has 1 unspecified atom stereocenters. The number of guanidine groups is 1. The molecule has 6 nitrogen and oxygen atoms in total. The predicted octanol–water partition coefficient (Wildman–Crippen LogP) is 2.92. The molecule has 2 aromatic heterocycles. The number of thiazole rings is 1. The molecule has 3 rings (SSSR count). The number of aliphatic hydroxyl groups is 1. The lowest BCUT2D eigenvalue weighted by Crippen LogP contribution is -2.39. The van der Waals surface area contributed by atoms with Gasteiger partial charge in [0, 0.05) is 18.5 Å². The summed E-state index contributed by atoms with van der Waals surface area (Å²) < 4.78 is 5.33. The summed E-state index contributed by atoms with van der Waals surface area (Å²) in [6, 6.07) is 3.54. The molecule has 0 radical (unpaired) electrons. The van der Waals surface area contributed by atoms with E-state index >= 15 is 0 Å². The lowest BCUT2D eigenvalue weighted by Gasteiger charge is -2.23. The Morgan fingerprint density at radius 1 is 1.46 bits per heavy atom. The second-order valence-electron chi connectivity index (χ2n) is 6.96. The van der Waals surface area contributed by atoms with Crippen molar-refractivity contribution < 1.29 is 9.52 Å². The van der Waals surface area contributed by atoms with Gasteiger partial charge in [-0.1, -0.05) is 0 Å². The summed E-state index contributed by atoms with van der Waals surface area (Å²) in [6.07, 6.45) is 6.36. The summed E-state index contributed by atoms with van der Waals surface area (Å²) >= 11 is 1.82. The van der Waals surface area contributed by atoms with Crippen LogP contribution in [-0.4, -0.2) is 41.1 Å². The Hall–Kier alpha value is -1.86. The van der Waals surface area contributed by atoms with Crippen molar-refractivity contribution in [2.45, 2.75) is 51.7 Å². The van der Waals surface area contributed by atoms with Gasteiger partial charge in [0.2, 0.25) is 0 Å². The van der Waals surface area contributed by atoms with Crippen LogP contribution in [-0.2, 0) is 25.0 Å². The van der Waals surface area contributed by atoms with Crippen molar-refractivity contribution >= 4 is 17.3 Å². The third kappa shape index (κ3) is 4.45. The van der Waals surface area contributed by atoms with Crippen LogP contribution in [0.5, 0.6) is 0 Å². The zero-order valence-electron chi connectivity index (χ0n) is 15.8. The lowest BCUT2D eigenvalue weighted by atomic mass is 10.0. The number of aryl methyl sites for hydroxylation is 2. The normalized spacial score (nSPS) is 16.8. The molecular weight excluding hydrogens is 348 g/mol. The van der Waals surface area contributed by atoms with Gasteiger partial charge in [-0.15, -0.1) is 11.3 Å². The van der Waals surface area contributed by atoms with Crippen molar-refractivity contribution in [3.8, 4) is 0 Å². The largest absolute Gasteiger partial charge is 0.466 e. The van der Waals surface area contributed by atoms with E-state index in [-0.39, 0.29) is 6.54 Å². The first-order valence-corrected chi connectivity index (χ1v) is 10.0. The molecule has 2 heterocycles. The minimum absolute atomic E-state index is 0.224. The maximum Gasteiger partial charge on any atom is 0.194 e. The highest BCUT2D eigenvalue weighted by Crippen LogP contribution is 2.27. The minimum Gasteiger partial charge on any atom is -0.466 e. The van der Waals surface area contributed by atoms with Crippen LogP contribution in [0, 0.1) is 0 Å². The Labute approximate surface area is 159 Å². The lowest BCUT2D eigenvalue weighted by molar-refractivity contribution is 0.0435.